The lowest BCUT2D eigenvalue weighted by Crippen LogP contribution is -2.58. The van der Waals surface area contributed by atoms with E-state index in [9.17, 15) is 4.79 Å². The van der Waals surface area contributed by atoms with Gasteiger partial charge in [-0.3, -0.25) is 9.69 Å². The minimum atomic E-state index is -0.0876. The van der Waals surface area contributed by atoms with E-state index in [1.165, 1.54) is 0 Å². The van der Waals surface area contributed by atoms with E-state index in [1.807, 2.05) is 4.90 Å². The Morgan fingerprint density at radius 3 is 2.58 bits per heavy atom. The van der Waals surface area contributed by atoms with Crippen LogP contribution in [0.25, 0.3) is 0 Å². The van der Waals surface area contributed by atoms with Gasteiger partial charge in [0.1, 0.15) is 10.3 Å². The van der Waals surface area contributed by atoms with E-state index in [0.717, 1.165) is 6.54 Å². The maximum atomic E-state index is 12.5. The van der Waals surface area contributed by atoms with Crippen LogP contribution in [-0.4, -0.2) is 52.9 Å². The highest BCUT2D eigenvalue weighted by Gasteiger charge is 2.34. The van der Waals surface area contributed by atoms with Gasteiger partial charge in [0.2, 0.25) is 0 Å². The van der Waals surface area contributed by atoms with Crippen molar-refractivity contribution in [3.8, 4) is 0 Å². The lowest BCUT2D eigenvalue weighted by Gasteiger charge is -2.45. The van der Waals surface area contributed by atoms with Crippen LogP contribution in [0.15, 0.2) is 12.1 Å². The minimum absolute atomic E-state index is 0.0414. The number of amides is 1. The van der Waals surface area contributed by atoms with Gasteiger partial charge in [-0.15, -0.1) is 0 Å². The fraction of sp³-hybridized carbons (Fsp3) is 0.538. The molecular weight excluding hydrogens is 285 g/mol. The number of carbonyl (C=O) groups excluding carboxylic acids is 1. The predicted octanol–water partition coefficient (Wildman–Crippen LogP) is 2.55. The van der Waals surface area contributed by atoms with Crippen molar-refractivity contribution < 1.29 is 4.79 Å². The molecule has 1 aromatic rings. The number of hydrogen-bond donors (Lipinski definition) is 0. The quantitative estimate of drug-likeness (QED) is 0.748. The van der Waals surface area contributed by atoms with Crippen LogP contribution in [0.4, 0.5) is 0 Å². The number of carbonyl (C=O) groups is 1. The molecule has 104 valence electrons. The monoisotopic (exact) mass is 301 g/mol. The third-order valence-electron chi connectivity index (χ3n) is 3.65. The fourth-order valence-corrected chi connectivity index (χ4v) is 2.58. The van der Waals surface area contributed by atoms with Gasteiger partial charge in [0.15, 0.2) is 0 Å². The predicted molar refractivity (Wildman–Crippen MR) is 76.9 cm³/mol. The number of halogens is 2. The van der Waals surface area contributed by atoms with Crippen molar-refractivity contribution in [3.63, 3.8) is 0 Å². The Hall–Kier alpha value is -0.840. The highest BCUT2D eigenvalue weighted by Crippen LogP contribution is 2.23. The molecule has 0 aliphatic carbocycles. The number of rotatable bonds is 1. The van der Waals surface area contributed by atoms with Crippen LogP contribution in [0, 0.1) is 0 Å². The Bertz CT molecular complexity index is 505. The minimum Gasteiger partial charge on any atom is -0.335 e. The molecule has 0 N–H and O–H groups in total. The lowest BCUT2D eigenvalue weighted by atomic mass is 9.99. The molecule has 0 spiro atoms. The summed E-state index contributed by atoms with van der Waals surface area (Å²) in [7, 11) is 2.07. The maximum absolute atomic E-state index is 12.5. The summed E-state index contributed by atoms with van der Waals surface area (Å²) < 4.78 is 0. The number of likely N-dealkylation sites (N-methyl/N-ethyl adjacent to an activating group) is 1. The molecule has 1 aliphatic heterocycles. The number of pyridine rings is 1. The molecular formula is C13H17Cl2N3O. The van der Waals surface area contributed by atoms with Crippen molar-refractivity contribution in [2.45, 2.75) is 19.4 Å². The fourth-order valence-electron chi connectivity index (χ4n) is 2.16. The molecule has 1 aromatic heterocycles. The second-order valence-corrected chi connectivity index (χ2v) is 6.18. The second kappa shape index (κ2) is 5.27. The molecule has 19 heavy (non-hydrogen) atoms. The lowest BCUT2D eigenvalue weighted by molar-refractivity contribution is 0.0311. The number of piperazine rings is 1. The molecule has 2 heterocycles. The van der Waals surface area contributed by atoms with Crippen LogP contribution in [0.2, 0.25) is 10.3 Å². The summed E-state index contributed by atoms with van der Waals surface area (Å²) in [6.07, 6.45) is 0. The molecule has 1 aliphatic rings. The third-order valence-corrected chi connectivity index (χ3v) is 4.15. The van der Waals surface area contributed by atoms with Crippen molar-refractivity contribution in [2.24, 2.45) is 0 Å². The molecule has 0 atom stereocenters. The standard InChI is InChI=1S/C13H17Cl2N3O/c1-13(2)8-18(7-6-17(13)3)12(19)9-4-5-10(14)16-11(9)15/h4-5H,6-8H2,1-3H3. The molecule has 0 unspecified atom stereocenters. The van der Waals surface area contributed by atoms with Gasteiger partial charge in [-0.1, -0.05) is 23.2 Å². The van der Waals surface area contributed by atoms with Crippen molar-refractivity contribution in [3.05, 3.63) is 28.0 Å². The average Bonchev–Trinajstić information content (AvgIpc) is 2.32. The van der Waals surface area contributed by atoms with Gasteiger partial charge in [-0.25, -0.2) is 4.98 Å². The number of hydrogen-bond acceptors (Lipinski definition) is 3. The molecule has 6 heteroatoms. The summed E-state index contributed by atoms with van der Waals surface area (Å²) in [4.78, 5) is 20.4. The van der Waals surface area contributed by atoms with Gasteiger partial charge in [0, 0.05) is 25.2 Å². The van der Waals surface area contributed by atoms with E-state index in [2.05, 4.69) is 30.8 Å². The van der Waals surface area contributed by atoms with Crippen LogP contribution < -0.4 is 0 Å². The zero-order valence-corrected chi connectivity index (χ0v) is 12.8. The number of aromatic nitrogens is 1. The Morgan fingerprint density at radius 1 is 1.32 bits per heavy atom. The topological polar surface area (TPSA) is 36.4 Å². The van der Waals surface area contributed by atoms with Crippen molar-refractivity contribution >= 4 is 29.1 Å². The first kappa shape index (κ1) is 14.6. The second-order valence-electron chi connectivity index (χ2n) is 5.43. The van der Waals surface area contributed by atoms with Gasteiger partial charge in [-0.2, -0.15) is 0 Å². The van der Waals surface area contributed by atoms with Gasteiger partial charge >= 0.3 is 0 Å². The molecule has 1 amide bonds. The van der Waals surface area contributed by atoms with Crippen molar-refractivity contribution in [1.29, 1.82) is 0 Å². The largest absolute Gasteiger partial charge is 0.335 e. The summed E-state index contributed by atoms with van der Waals surface area (Å²) in [6.45, 7) is 6.44. The summed E-state index contributed by atoms with van der Waals surface area (Å²) >= 11 is 11.7. The van der Waals surface area contributed by atoms with E-state index in [1.54, 1.807) is 12.1 Å². The zero-order valence-electron chi connectivity index (χ0n) is 11.3. The first-order valence-corrected chi connectivity index (χ1v) is 6.89. The van der Waals surface area contributed by atoms with E-state index in [0.29, 0.717) is 23.8 Å². The van der Waals surface area contributed by atoms with Gasteiger partial charge in [-0.05, 0) is 33.0 Å². The normalized spacial score (nSPS) is 19.5. The molecule has 0 saturated carbocycles. The first-order chi connectivity index (χ1) is 8.81. The molecule has 2 rings (SSSR count). The molecule has 1 saturated heterocycles. The van der Waals surface area contributed by atoms with Crippen molar-refractivity contribution in [2.75, 3.05) is 26.7 Å². The van der Waals surface area contributed by atoms with Crippen LogP contribution >= 0.6 is 23.2 Å². The Morgan fingerprint density at radius 2 is 2.00 bits per heavy atom. The summed E-state index contributed by atoms with van der Waals surface area (Å²) in [5.74, 6) is -0.0876. The Balaban J connectivity index is 2.21. The van der Waals surface area contributed by atoms with Crippen LogP contribution in [0.1, 0.15) is 24.2 Å². The summed E-state index contributed by atoms with van der Waals surface area (Å²) in [5.41, 5.74) is 0.367. The third kappa shape index (κ3) is 3.02. The molecule has 4 nitrogen and oxygen atoms in total. The number of nitrogens with zero attached hydrogens (tertiary/aromatic N) is 3. The Kier molecular flexibility index (Phi) is 4.04. The van der Waals surface area contributed by atoms with Crippen molar-refractivity contribution in [1.82, 2.24) is 14.8 Å². The van der Waals surface area contributed by atoms with Crippen LogP contribution in [0.3, 0.4) is 0 Å². The van der Waals surface area contributed by atoms with Gasteiger partial charge < -0.3 is 4.90 Å². The van der Waals surface area contributed by atoms with Gasteiger partial charge in [0.25, 0.3) is 5.91 Å². The average molecular weight is 302 g/mol. The first-order valence-electron chi connectivity index (χ1n) is 6.14. The smallest absolute Gasteiger partial charge is 0.257 e. The molecule has 0 bridgehead atoms. The van der Waals surface area contributed by atoms with E-state index in [4.69, 9.17) is 23.2 Å². The van der Waals surface area contributed by atoms with Crippen LogP contribution in [0.5, 0.6) is 0 Å². The SMILES string of the molecule is CN1CCN(C(=O)c2ccc(Cl)nc2Cl)CC1(C)C. The highest BCUT2D eigenvalue weighted by molar-refractivity contribution is 6.34. The summed E-state index contributed by atoms with van der Waals surface area (Å²) in [6, 6.07) is 3.22. The molecule has 0 aromatic carbocycles. The van der Waals surface area contributed by atoms with E-state index in [-0.39, 0.29) is 16.6 Å². The molecule has 0 radical (unpaired) electrons. The maximum Gasteiger partial charge on any atom is 0.257 e. The van der Waals surface area contributed by atoms with Crippen LogP contribution in [-0.2, 0) is 0 Å². The summed E-state index contributed by atoms with van der Waals surface area (Å²) in [5, 5.41) is 0.453. The zero-order chi connectivity index (χ0) is 14.2. The Labute approximate surface area is 123 Å². The molecule has 1 fully saturated rings. The van der Waals surface area contributed by atoms with E-state index < -0.39 is 0 Å². The van der Waals surface area contributed by atoms with E-state index >= 15 is 0 Å². The van der Waals surface area contributed by atoms with Gasteiger partial charge in [0.05, 0.1) is 5.56 Å². The highest BCUT2D eigenvalue weighted by atomic mass is 35.5.